The molecule has 1 fully saturated rings. The molecule has 2 amide bonds. The lowest BCUT2D eigenvalue weighted by atomic mass is 10.1. The van der Waals surface area contributed by atoms with E-state index < -0.39 is 0 Å². The molecule has 2 N–H and O–H groups in total. The lowest BCUT2D eigenvalue weighted by Crippen LogP contribution is -2.35. The number of hydrogen-bond donors (Lipinski definition) is 2. The molecule has 1 aliphatic rings. The summed E-state index contributed by atoms with van der Waals surface area (Å²) >= 11 is 0. The van der Waals surface area contributed by atoms with Gasteiger partial charge in [0.15, 0.2) is 0 Å². The quantitative estimate of drug-likeness (QED) is 0.626. The zero-order valence-electron chi connectivity index (χ0n) is 13.9. The Kier molecular flexibility index (Phi) is 7.04. The Labute approximate surface area is 138 Å². The van der Waals surface area contributed by atoms with E-state index in [-0.39, 0.29) is 17.9 Å². The second kappa shape index (κ2) is 9.28. The van der Waals surface area contributed by atoms with Crippen molar-refractivity contribution in [2.75, 3.05) is 6.54 Å². The molecule has 0 spiro atoms. The topological polar surface area (TPSA) is 71.1 Å². The van der Waals surface area contributed by atoms with Gasteiger partial charge in [0.25, 0.3) is 11.8 Å². The summed E-state index contributed by atoms with van der Waals surface area (Å²) in [4.78, 5) is 28.6. The fraction of sp³-hybridized carbons (Fsp3) is 0.611. The smallest absolute Gasteiger partial charge is 0.270 e. The van der Waals surface area contributed by atoms with Crippen molar-refractivity contribution >= 4 is 11.8 Å². The predicted molar refractivity (Wildman–Crippen MR) is 90.4 cm³/mol. The maximum absolute atomic E-state index is 12.4. The molecule has 1 heterocycles. The summed E-state index contributed by atoms with van der Waals surface area (Å²) in [6.07, 6.45) is 8.85. The van der Waals surface area contributed by atoms with Crippen LogP contribution in [-0.2, 0) is 0 Å². The first kappa shape index (κ1) is 17.4. The summed E-state index contributed by atoms with van der Waals surface area (Å²) in [5, 5.41) is 5.88. The standard InChI is InChI=1S/C18H27N3O2/c1-2-3-13-19-17(22)15-11-8-12-16(21-15)18(23)20-14-9-6-4-5-7-10-14/h8,11-12,14H,2-7,9-10,13H2,1H3,(H,19,22)(H,20,23). The van der Waals surface area contributed by atoms with Crippen molar-refractivity contribution in [2.45, 2.75) is 64.3 Å². The molecular formula is C18H27N3O2. The second-order valence-electron chi connectivity index (χ2n) is 6.18. The van der Waals surface area contributed by atoms with Crippen molar-refractivity contribution in [1.29, 1.82) is 0 Å². The number of rotatable bonds is 6. The Morgan fingerprint density at radius 2 is 1.74 bits per heavy atom. The molecule has 126 valence electrons. The maximum atomic E-state index is 12.4. The number of carbonyl (C=O) groups is 2. The van der Waals surface area contributed by atoms with Crippen molar-refractivity contribution in [3.8, 4) is 0 Å². The van der Waals surface area contributed by atoms with Crippen LogP contribution in [0.5, 0.6) is 0 Å². The predicted octanol–water partition coefficient (Wildman–Crippen LogP) is 3.06. The molecule has 0 aliphatic heterocycles. The highest BCUT2D eigenvalue weighted by atomic mass is 16.2. The number of amides is 2. The van der Waals surface area contributed by atoms with Gasteiger partial charge in [-0.2, -0.15) is 0 Å². The molecule has 23 heavy (non-hydrogen) atoms. The zero-order valence-corrected chi connectivity index (χ0v) is 13.9. The second-order valence-corrected chi connectivity index (χ2v) is 6.18. The fourth-order valence-corrected chi connectivity index (χ4v) is 2.84. The van der Waals surface area contributed by atoms with Crippen LogP contribution in [0.25, 0.3) is 0 Å². The molecule has 1 aromatic rings. The first-order valence-electron chi connectivity index (χ1n) is 8.77. The third-order valence-corrected chi connectivity index (χ3v) is 4.22. The minimum absolute atomic E-state index is 0.180. The SMILES string of the molecule is CCCCNC(=O)c1cccc(C(=O)NC2CCCCCC2)n1. The van der Waals surface area contributed by atoms with E-state index in [0.29, 0.717) is 17.9 Å². The van der Waals surface area contributed by atoms with E-state index in [9.17, 15) is 9.59 Å². The highest BCUT2D eigenvalue weighted by Gasteiger charge is 2.17. The number of aromatic nitrogens is 1. The highest BCUT2D eigenvalue weighted by molar-refractivity contribution is 5.96. The largest absolute Gasteiger partial charge is 0.351 e. The van der Waals surface area contributed by atoms with Crippen molar-refractivity contribution in [3.05, 3.63) is 29.6 Å². The van der Waals surface area contributed by atoms with Gasteiger partial charge in [-0.15, -0.1) is 0 Å². The van der Waals surface area contributed by atoms with Crippen molar-refractivity contribution in [3.63, 3.8) is 0 Å². The number of carbonyl (C=O) groups excluding carboxylic acids is 2. The highest BCUT2D eigenvalue weighted by Crippen LogP contribution is 2.17. The normalized spacial score (nSPS) is 15.7. The molecule has 0 bridgehead atoms. The van der Waals surface area contributed by atoms with Gasteiger partial charge in [0, 0.05) is 12.6 Å². The van der Waals surface area contributed by atoms with Crippen molar-refractivity contribution in [1.82, 2.24) is 15.6 Å². The van der Waals surface area contributed by atoms with Crippen molar-refractivity contribution < 1.29 is 9.59 Å². The minimum Gasteiger partial charge on any atom is -0.351 e. The average molecular weight is 317 g/mol. The Morgan fingerprint density at radius 1 is 1.09 bits per heavy atom. The Balaban J connectivity index is 1.94. The third-order valence-electron chi connectivity index (χ3n) is 4.22. The molecule has 2 rings (SSSR count). The van der Waals surface area contributed by atoms with Crippen LogP contribution in [0.15, 0.2) is 18.2 Å². The summed E-state index contributed by atoms with van der Waals surface area (Å²) in [6, 6.07) is 5.25. The van der Waals surface area contributed by atoms with Crippen LogP contribution in [-0.4, -0.2) is 29.4 Å². The lowest BCUT2D eigenvalue weighted by Gasteiger charge is -2.16. The van der Waals surface area contributed by atoms with Crippen LogP contribution in [0.1, 0.15) is 79.3 Å². The van der Waals surface area contributed by atoms with Crippen LogP contribution in [0.4, 0.5) is 0 Å². The third kappa shape index (κ3) is 5.66. The van der Waals surface area contributed by atoms with Gasteiger partial charge >= 0.3 is 0 Å². The summed E-state index contributed by atoms with van der Waals surface area (Å²) in [6.45, 7) is 2.71. The van der Waals surface area contributed by atoms with Crippen LogP contribution >= 0.6 is 0 Å². The molecular weight excluding hydrogens is 290 g/mol. The van der Waals surface area contributed by atoms with Crippen LogP contribution in [0, 0.1) is 0 Å². The van der Waals surface area contributed by atoms with Gasteiger partial charge < -0.3 is 10.6 Å². The molecule has 5 nitrogen and oxygen atoms in total. The lowest BCUT2D eigenvalue weighted by molar-refractivity contribution is 0.0927. The van der Waals surface area contributed by atoms with E-state index in [1.54, 1.807) is 18.2 Å². The van der Waals surface area contributed by atoms with Gasteiger partial charge in [-0.05, 0) is 31.4 Å². The monoisotopic (exact) mass is 317 g/mol. The molecule has 0 unspecified atom stereocenters. The zero-order chi connectivity index (χ0) is 16.5. The maximum Gasteiger partial charge on any atom is 0.270 e. The van der Waals surface area contributed by atoms with E-state index in [0.717, 1.165) is 38.5 Å². The molecule has 1 aromatic heterocycles. The van der Waals surface area contributed by atoms with Gasteiger partial charge in [0.2, 0.25) is 0 Å². The molecule has 1 aliphatic carbocycles. The Morgan fingerprint density at radius 3 is 2.39 bits per heavy atom. The van der Waals surface area contributed by atoms with Gasteiger partial charge in [-0.25, -0.2) is 4.98 Å². The van der Waals surface area contributed by atoms with E-state index in [2.05, 4.69) is 22.5 Å². The number of nitrogens with zero attached hydrogens (tertiary/aromatic N) is 1. The fourth-order valence-electron chi connectivity index (χ4n) is 2.84. The molecule has 0 atom stereocenters. The van der Waals surface area contributed by atoms with Gasteiger partial charge in [-0.3, -0.25) is 9.59 Å². The number of nitrogens with one attached hydrogen (secondary N) is 2. The number of unbranched alkanes of at least 4 members (excludes halogenated alkanes) is 1. The van der Waals surface area contributed by atoms with E-state index in [1.165, 1.54) is 12.8 Å². The Bertz CT molecular complexity index is 523. The first-order valence-corrected chi connectivity index (χ1v) is 8.77. The van der Waals surface area contributed by atoms with Gasteiger partial charge in [0.05, 0.1) is 0 Å². The van der Waals surface area contributed by atoms with Crippen LogP contribution in [0.2, 0.25) is 0 Å². The molecule has 5 heteroatoms. The molecule has 0 aromatic carbocycles. The van der Waals surface area contributed by atoms with E-state index in [1.807, 2.05) is 0 Å². The van der Waals surface area contributed by atoms with Crippen LogP contribution in [0.3, 0.4) is 0 Å². The van der Waals surface area contributed by atoms with Gasteiger partial charge in [-0.1, -0.05) is 45.1 Å². The summed E-state index contributed by atoms with van der Waals surface area (Å²) in [5.41, 5.74) is 0.618. The van der Waals surface area contributed by atoms with Gasteiger partial charge in [0.1, 0.15) is 11.4 Å². The molecule has 0 radical (unpaired) electrons. The molecule has 1 saturated carbocycles. The first-order chi connectivity index (χ1) is 11.2. The summed E-state index contributed by atoms with van der Waals surface area (Å²) in [7, 11) is 0. The summed E-state index contributed by atoms with van der Waals surface area (Å²) in [5.74, 6) is -0.400. The Hall–Kier alpha value is -1.91. The average Bonchev–Trinajstić information content (AvgIpc) is 2.84. The number of hydrogen-bond acceptors (Lipinski definition) is 3. The number of pyridine rings is 1. The van der Waals surface area contributed by atoms with Crippen molar-refractivity contribution in [2.24, 2.45) is 0 Å². The van der Waals surface area contributed by atoms with E-state index in [4.69, 9.17) is 0 Å². The molecule has 0 saturated heterocycles. The summed E-state index contributed by atoms with van der Waals surface area (Å²) < 4.78 is 0. The minimum atomic E-state index is -0.220. The van der Waals surface area contributed by atoms with Crippen LogP contribution < -0.4 is 10.6 Å². The van der Waals surface area contributed by atoms with E-state index >= 15 is 0 Å².